The van der Waals surface area contributed by atoms with Crippen molar-refractivity contribution in [1.29, 1.82) is 0 Å². The molecule has 0 aromatic heterocycles. The van der Waals surface area contributed by atoms with Crippen molar-refractivity contribution in [1.82, 2.24) is 0 Å². The number of aryl methyl sites for hydroxylation is 2. The van der Waals surface area contributed by atoms with E-state index in [1.165, 1.54) is 30.9 Å². The minimum atomic E-state index is -1.04. The smallest absolute Gasteiger partial charge is 0.335 e. The highest BCUT2D eigenvalue weighted by Crippen LogP contribution is 2.25. The average Bonchev–Trinajstić information content (AvgIpc) is 2.60. The Morgan fingerprint density at radius 2 is 1.75 bits per heavy atom. The molecule has 0 heterocycles. The van der Waals surface area contributed by atoms with Gasteiger partial charge >= 0.3 is 5.97 Å². The topological polar surface area (TPSA) is 75.6 Å². The molecule has 5 heteroatoms. The molecule has 2 aromatic rings. The molecule has 0 saturated carbocycles. The fourth-order valence-corrected chi connectivity index (χ4v) is 2.34. The maximum absolute atomic E-state index is 12.1. The largest absolute Gasteiger partial charge is 0.495 e. The Labute approximate surface area is 141 Å². The van der Waals surface area contributed by atoms with Gasteiger partial charge < -0.3 is 15.2 Å². The molecule has 0 aliphatic heterocycles. The molecule has 0 spiro atoms. The molecule has 24 heavy (non-hydrogen) atoms. The lowest BCUT2D eigenvalue weighted by molar-refractivity contribution is -0.116. The highest BCUT2D eigenvalue weighted by Gasteiger charge is 2.11. The molecule has 126 valence electrons. The fourth-order valence-electron chi connectivity index (χ4n) is 2.34. The van der Waals surface area contributed by atoms with Crippen LogP contribution in [-0.4, -0.2) is 24.1 Å². The summed E-state index contributed by atoms with van der Waals surface area (Å²) in [4.78, 5) is 23.1. The second kappa shape index (κ2) is 8.15. The number of aromatic carboxylic acids is 1. The van der Waals surface area contributed by atoms with Gasteiger partial charge in [0.05, 0.1) is 18.4 Å². The van der Waals surface area contributed by atoms with E-state index in [1.54, 1.807) is 0 Å². The van der Waals surface area contributed by atoms with Crippen molar-refractivity contribution in [2.45, 2.75) is 26.2 Å². The molecule has 1 amide bonds. The zero-order chi connectivity index (χ0) is 17.5. The summed E-state index contributed by atoms with van der Waals surface area (Å²) in [7, 11) is 1.44. The summed E-state index contributed by atoms with van der Waals surface area (Å²) < 4.78 is 5.15. The number of hydrogen-bond donors (Lipinski definition) is 2. The van der Waals surface area contributed by atoms with Crippen LogP contribution < -0.4 is 10.1 Å². The highest BCUT2D eigenvalue weighted by molar-refractivity contribution is 5.94. The predicted molar refractivity (Wildman–Crippen MR) is 92.7 cm³/mol. The predicted octanol–water partition coefficient (Wildman–Crippen LogP) is 3.53. The summed E-state index contributed by atoms with van der Waals surface area (Å²) in [6, 6.07) is 12.6. The Balaban J connectivity index is 1.97. The van der Waals surface area contributed by atoms with Crippen molar-refractivity contribution in [2.24, 2.45) is 0 Å². The van der Waals surface area contributed by atoms with Crippen molar-refractivity contribution < 1.29 is 19.4 Å². The molecule has 2 aromatic carbocycles. The van der Waals surface area contributed by atoms with E-state index in [9.17, 15) is 9.59 Å². The minimum Gasteiger partial charge on any atom is -0.495 e. The van der Waals surface area contributed by atoms with E-state index in [2.05, 4.69) is 24.4 Å². The number of anilines is 1. The lowest BCUT2D eigenvalue weighted by Gasteiger charge is -2.11. The summed E-state index contributed by atoms with van der Waals surface area (Å²) in [6.07, 6.45) is 1.98. The second-order valence-electron chi connectivity index (χ2n) is 5.44. The molecule has 0 bridgehead atoms. The molecule has 0 unspecified atom stereocenters. The van der Waals surface area contributed by atoms with Crippen molar-refractivity contribution in [3.8, 4) is 5.75 Å². The van der Waals surface area contributed by atoms with Crippen LogP contribution in [0, 0.1) is 0 Å². The average molecular weight is 327 g/mol. The SMILES string of the molecule is CCc1ccc(CCC(=O)Nc2ccc(C(=O)O)cc2OC)cc1. The Morgan fingerprint density at radius 3 is 2.33 bits per heavy atom. The molecular formula is C19H21NO4. The number of carboxylic acids is 1. The molecule has 0 fully saturated rings. The van der Waals surface area contributed by atoms with Crippen LogP contribution in [0.1, 0.15) is 34.8 Å². The molecule has 0 atom stereocenters. The van der Waals surface area contributed by atoms with Gasteiger partial charge in [0, 0.05) is 6.42 Å². The van der Waals surface area contributed by atoms with Crippen LogP contribution in [0.3, 0.4) is 0 Å². The normalized spacial score (nSPS) is 10.2. The van der Waals surface area contributed by atoms with Gasteiger partial charge in [-0.3, -0.25) is 4.79 Å². The van der Waals surface area contributed by atoms with Crippen molar-refractivity contribution >= 4 is 17.6 Å². The summed E-state index contributed by atoms with van der Waals surface area (Å²) in [6.45, 7) is 2.10. The van der Waals surface area contributed by atoms with E-state index in [0.29, 0.717) is 24.3 Å². The first-order valence-corrected chi connectivity index (χ1v) is 7.82. The van der Waals surface area contributed by atoms with Gasteiger partial charge in [0.15, 0.2) is 0 Å². The molecule has 0 aliphatic rings. The molecular weight excluding hydrogens is 306 g/mol. The van der Waals surface area contributed by atoms with Crippen LogP contribution in [0.25, 0.3) is 0 Å². The first-order valence-electron chi connectivity index (χ1n) is 7.82. The van der Waals surface area contributed by atoms with Crippen LogP contribution in [0.15, 0.2) is 42.5 Å². The standard InChI is InChI=1S/C19H21NO4/c1-3-13-4-6-14(7-5-13)8-11-18(21)20-16-10-9-15(19(22)23)12-17(16)24-2/h4-7,9-10,12H,3,8,11H2,1-2H3,(H,20,21)(H,22,23). The van der Waals surface area contributed by atoms with E-state index < -0.39 is 5.97 Å². The quantitative estimate of drug-likeness (QED) is 0.816. The second-order valence-corrected chi connectivity index (χ2v) is 5.44. The molecule has 5 nitrogen and oxygen atoms in total. The zero-order valence-corrected chi connectivity index (χ0v) is 13.8. The Bertz CT molecular complexity index is 723. The maximum atomic E-state index is 12.1. The van der Waals surface area contributed by atoms with Crippen molar-refractivity contribution in [3.63, 3.8) is 0 Å². The summed E-state index contributed by atoms with van der Waals surface area (Å²) in [5, 5.41) is 11.7. The minimum absolute atomic E-state index is 0.112. The Hall–Kier alpha value is -2.82. The molecule has 2 rings (SSSR count). The number of methoxy groups -OCH3 is 1. The Kier molecular flexibility index (Phi) is 5.95. The fraction of sp³-hybridized carbons (Fsp3) is 0.263. The molecule has 0 radical (unpaired) electrons. The first kappa shape index (κ1) is 17.5. The third-order valence-corrected chi connectivity index (χ3v) is 3.79. The van der Waals surface area contributed by atoms with Crippen molar-refractivity contribution in [2.75, 3.05) is 12.4 Å². The number of rotatable bonds is 7. The van der Waals surface area contributed by atoms with Gasteiger partial charge in [-0.05, 0) is 42.2 Å². The summed E-state index contributed by atoms with van der Waals surface area (Å²) in [5.41, 5.74) is 2.96. The van der Waals surface area contributed by atoms with Gasteiger partial charge in [-0.25, -0.2) is 4.79 Å². The number of nitrogens with one attached hydrogen (secondary N) is 1. The number of amides is 1. The molecule has 0 aliphatic carbocycles. The number of carbonyl (C=O) groups is 2. The third kappa shape index (κ3) is 4.59. The number of carbonyl (C=O) groups excluding carboxylic acids is 1. The molecule has 2 N–H and O–H groups in total. The number of hydrogen-bond acceptors (Lipinski definition) is 3. The highest BCUT2D eigenvalue weighted by atomic mass is 16.5. The van der Waals surface area contributed by atoms with Crippen LogP contribution in [0.5, 0.6) is 5.75 Å². The number of carboxylic acid groups (broad SMARTS) is 1. The van der Waals surface area contributed by atoms with Gasteiger partial charge in [-0.15, -0.1) is 0 Å². The summed E-state index contributed by atoms with van der Waals surface area (Å²) in [5.74, 6) is -0.854. The maximum Gasteiger partial charge on any atom is 0.335 e. The van der Waals surface area contributed by atoms with Crippen LogP contribution in [-0.2, 0) is 17.6 Å². The van der Waals surface area contributed by atoms with Crippen LogP contribution in [0.4, 0.5) is 5.69 Å². The summed E-state index contributed by atoms with van der Waals surface area (Å²) >= 11 is 0. The van der Waals surface area contributed by atoms with E-state index in [4.69, 9.17) is 9.84 Å². The van der Waals surface area contributed by atoms with E-state index in [1.807, 2.05) is 12.1 Å². The van der Waals surface area contributed by atoms with E-state index in [-0.39, 0.29) is 11.5 Å². The monoisotopic (exact) mass is 327 g/mol. The van der Waals surface area contributed by atoms with Gasteiger partial charge in [-0.1, -0.05) is 31.2 Å². The van der Waals surface area contributed by atoms with Gasteiger partial charge in [-0.2, -0.15) is 0 Å². The van der Waals surface area contributed by atoms with Crippen LogP contribution >= 0.6 is 0 Å². The Morgan fingerprint density at radius 1 is 1.08 bits per heavy atom. The lowest BCUT2D eigenvalue weighted by Crippen LogP contribution is -2.13. The number of benzene rings is 2. The number of ether oxygens (including phenoxy) is 1. The van der Waals surface area contributed by atoms with Gasteiger partial charge in [0.25, 0.3) is 0 Å². The zero-order valence-electron chi connectivity index (χ0n) is 13.8. The van der Waals surface area contributed by atoms with Crippen LogP contribution in [0.2, 0.25) is 0 Å². The third-order valence-electron chi connectivity index (χ3n) is 3.79. The first-order chi connectivity index (χ1) is 11.5. The van der Waals surface area contributed by atoms with E-state index >= 15 is 0 Å². The van der Waals surface area contributed by atoms with Gasteiger partial charge in [0.1, 0.15) is 5.75 Å². The van der Waals surface area contributed by atoms with Gasteiger partial charge in [0.2, 0.25) is 5.91 Å². The van der Waals surface area contributed by atoms with Crippen molar-refractivity contribution in [3.05, 3.63) is 59.2 Å². The molecule has 0 saturated heterocycles. The lowest BCUT2D eigenvalue weighted by atomic mass is 10.1. The van der Waals surface area contributed by atoms with E-state index in [0.717, 1.165) is 12.0 Å².